The maximum absolute atomic E-state index is 12.2. The molecule has 0 radical (unpaired) electrons. The Morgan fingerprint density at radius 2 is 2.04 bits per heavy atom. The predicted molar refractivity (Wildman–Crippen MR) is 93.2 cm³/mol. The van der Waals surface area contributed by atoms with Crippen LogP contribution in [0.25, 0.3) is 0 Å². The van der Waals surface area contributed by atoms with Crippen LogP contribution in [-0.2, 0) is 9.59 Å². The maximum Gasteiger partial charge on any atom is 0.325 e. The van der Waals surface area contributed by atoms with Gasteiger partial charge in [-0.05, 0) is 33.8 Å². The van der Waals surface area contributed by atoms with Crippen molar-refractivity contribution in [3.63, 3.8) is 0 Å². The summed E-state index contributed by atoms with van der Waals surface area (Å²) in [6.07, 6.45) is 0.0493. The van der Waals surface area contributed by atoms with Gasteiger partial charge in [0.2, 0.25) is 5.91 Å². The number of aryl methyl sites for hydroxylation is 1. The van der Waals surface area contributed by atoms with Gasteiger partial charge >= 0.3 is 6.03 Å². The summed E-state index contributed by atoms with van der Waals surface area (Å²) in [6, 6.07) is 5.06. The average molecular weight is 347 g/mol. The van der Waals surface area contributed by atoms with Gasteiger partial charge in [-0.15, -0.1) is 0 Å². The molecule has 2 N–H and O–H groups in total. The Hall–Kier alpha value is -2.57. The number of nitrogens with zero attached hydrogens (tertiary/aromatic N) is 1. The molecule has 1 aromatic carbocycles. The molecule has 0 aromatic heterocycles. The lowest BCUT2D eigenvalue weighted by molar-refractivity contribution is -0.130. The van der Waals surface area contributed by atoms with E-state index in [1.165, 1.54) is 0 Å². The molecule has 1 heterocycles. The number of ether oxygens (including phenoxy) is 1. The van der Waals surface area contributed by atoms with Crippen molar-refractivity contribution in [3.05, 3.63) is 29.3 Å². The van der Waals surface area contributed by atoms with Gasteiger partial charge in [-0.2, -0.15) is 0 Å². The Morgan fingerprint density at radius 1 is 1.36 bits per heavy atom. The normalized spacial score (nSPS) is 17.2. The predicted octanol–water partition coefficient (Wildman–Crippen LogP) is 1.90. The van der Waals surface area contributed by atoms with Crippen LogP contribution >= 0.6 is 0 Å². The summed E-state index contributed by atoms with van der Waals surface area (Å²) in [7, 11) is 1.59. The van der Waals surface area contributed by atoms with E-state index in [2.05, 4.69) is 10.6 Å². The molecule has 7 nitrogen and oxygen atoms in total. The van der Waals surface area contributed by atoms with E-state index < -0.39 is 11.6 Å². The quantitative estimate of drug-likeness (QED) is 0.770. The van der Waals surface area contributed by atoms with Crippen LogP contribution in [0.5, 0.6) is 5.75 Å². The molecule has 1 fully saturated rings. The Bertz CT molecular complexity index is 700. The van der Waals surface area contributed by atoms with E-state index in [-0.39, 0.29) is 30.8 Å². The minimum Gasteiger partial charge on any atom is -0.496 e. The topological polar surface area (TPSA) is 87.7 Å². The smallest absolute Gasteiger partial charge is 0.325 e. The van der Waals surface area contributed by atoms with Crippen LogP contribution in [0.4, 0.5) is 4.79 Å². The third-order valence-electron chi connectivity index (χ3n) is 4.24. The number of benzene rings is 1. The first-order valence-corrected chi connectivity index (χ1v) is 8.23. The molecule has 2 rings (SSSR count). The Kier molecular flexibility index (Phi) is 5.35. The Labute approximate surface area is 147 Å². The van der Waals surface area contributed by atoms with Crippen LogP contribution in [0, 0.1) is 6.92 Å². The van der Waals surface area contributed by atoms with Gasteiger partial charge in [-0.3, -0.25) is 14.5 Å². The SMILES string of the molecule is COc1ccc(C)cc1[C@H](C)NC(=O)CCN1C(=O)NC(C)(C)C1=O. The highest BCUT2D eigenvalue weighted by Gasteiger charge is 2.44. The van der Waals surface area contributed by atoms with Gasteiger partial charge in [-0.25, -0.2) is 4.79 Å². The molecule has 0 bridgehead atoms. The fourth-order valence-electron chi connectivity index (χ4n) is 2.82. The van der Waals surface area contributed by atoms with Crippen molar-refractivity contribution in [3.8, 4) is 5.75 Å². The number of urea groups is 1. The standard InChI is InChI=1S/C18H25N3O4/c1-11-6-7-14(25-5)13(10-11)12(2)19-15(22)8-9-21-16(23)18(3,4)20-17(21)24/h6-7,10,12H,8-9H2,1-5H3,(H,19,22)(H,20,24)/t12-/m0/s1. The first kappa shape index (κ1) is 18.8. The van der Waals surface area contributed by atoms with E-state index >= 15 is 0 Å². The zero-order chi connectivity index (χ0) is 18.8. The zero-order valence-corrected chi connectivity index (χ0v) is 15.3. The molecule has 7 heteroatoms. The lowest BCUT2D eigenvalue weighted by Crippen LogP contribution is -2.40. The molecular formula is C18H25N3O4. The number of imide groups is 1. The molecule has 0 unspecified atom stereocenters. The molecule has 4 amide bonds. The second-order valence-corrected chi connectivity index (χ2v) is 6.80. The highest BCUT2D eigenvalue weighted by Crippen LogP contribution is 2.26. The number of amides is 4. The molecule has 1 saturated heterocycles. The molecule has 0 aliphatic carbocycles. The summed E-state index contributed by atoms with van der Waals surface area (Å²) in [5.74, 6) is 0.148. The molecule has 1 aliphatic rings. The number of carbonyl (C=O) groups is 3. The van der Waals surface area contributed by atoms with Gasteiger partial charge < -0.3 is 15.4 Å². The van der Waals surface area contributed by atoms with Crippen LogP contribution in [0.3, 0.4) is 0 Å². The van der Waals surface area contributed by atoms with E-state index in [1.807, 2.05) is 32.0 Å². The van der Waals surface area contributed by atoms with Crippen molar-refractivity contribution < 1.29 is 19.1 Å². The Balaban J connectivity index is 1.96. The largest absolute Gasteiger partial charge is 0.496 e. The van der Waals surface area contributed by atoms with E-state index in [9.17, 15) is 14.4 Å². The molecule has 25 heavy (non-hydrogen) atoms. The first-order valence-electron chi connectivity index (χ1n) is 8.23. The Morgan fingerprint density at radius 3 is 2.60 bits per heavy atom. The van der Waals surface area contributed by atoms with Crippen molar-refractivity contribution in [1.82, 2.24) is 15.5 Å². The van der Waals surface area contributed by atoms with Crippen LogP contribution in [0.1, 0.15) is 44.4 Å². The number of nitrogens with one attached hydrogen (secondary N) is 2. The van der Waals surface area contributed by atoms with Crippen molar-refractivity contribution in [2.24, 2.45) is 0 Å². The number of methoxy groups -OCH3 is 1. The van der Waals surface area contributed by atoms with Gasteiger partial charge in [-0.1, -0.05) is 17.7 Å². The fraction of sp³-hybridized carbons (Fsp3) is 0.500. The van der Waals surface area contributed by atoms with Gasteiger partial charge in [0.15, 0.2) is 0 Å². The molecule has 1 atom stereocenters. The molecule has 0 saturated carbocycles. The lowest BCUT2D eigenvalue weighted by Gasteiger charge is -2.19. The number of rotatable bonds is 6. The molecule has 0 spiro atoms. The highest BCUT2D eigenvalue weighted by molar-refractivity contribution is 6.06. The minimum absolute atomic E-state index is 0.0493. The van der Waals surface area contributed by atoms with Crippen molar-refractivity contribution in [2.45, 2.75) is 45.7 Å². The second kappa shape index (κ2) is 7.13. The average Bonchev–Trinajstić information content (AvgIpc) is 2.73. The summed E-state index contributed by atoms with van der Waals surface area (Å²) in [4.78, 5) is 37.2. The number of carbonyl (C=O) groups excluding carboxylic acids is 3. The maximum atomic E-state index is 12.2. The third kappa shape index (κ3) is 4.10. The summed E-state index contributed by atoms with van der Waals surface area (Å²) < 4.78 is 5.34. The zero-order valence-electron chi connectivity index (χ0n) is 15.3. The molecular weight excluding hydrogens is 322 g/mol. The molecule has 136 valence electrons. The monoisotopic (exact) mass is 347 g/mol. The number of hydrogen-bond donors (Lipinski definition) is 2. The van der Waals surface area contributed by atoms with Gasteiger partial charge in [0.1, 0.15) is 11.3 Å². The van der Waals surface area contributed by atoms with E-state index in [0.29, 0.717) is 5.75 Å². The van der Waals surface area contributed by atoms with E-state index in [0.717, 1.165) is 16.0 Å². The minimum atomic E-state index is -0.921. The van der Waals surface area contributed by atoms with Crippen LogP contribution in [-0.4, -0.2) is 41.9 Å². The fourth-order valence-corrected chi connectivity index (χ4v) is 2.82. The number of hydrogen-bond acceptors (Lipinski definition) is 4. The van der Waals surface area contributed by atoms with Gasteiger partial charge in [0, 0.05) is 18.5 Å². The molecule has 1 aromatic rings. The summed E-state index contributed by atoms with van der Waals surface area (Å²) >= 11 is 0. The highest BCUT2D eigenvalue weighted by atomic mass is 16.5. The molecule has 1 aliphatic heterocycles. The summed E-state index contributed by atoms with van der Waals surface area (Å²) in [5.41, 5.74) is 1.03. The third-order valence-corrected chi connectivity index (χ3v) is 4.24. The second-order valence-electron chi connectivity index (χ2n) is 6.80. The van der Waals surface area contributed by atoms with Crippen molar-refractivity contribution in [1.29, 1.82) is 0 Å². The summed E-state index contributed by atoms with van der Waals surface area (Å²) in [6.45, 7) is 7.17. The van der Waals surface area contributed by atoms with Crippen molar-refractivity contribution >= 4 is 17.8 Å². The van der Waals surface area contributed by atoms with Crippen molar-refractivity contribution in [2.75, 3.05) is 13.7 Å². The summed E-state index contributed by atoms with van der Waals surface area (Å²) in [5, 5.41) is 5.48. The van der Waals surface area contributed by atoms with Gasteiger partial charge in [0.25, 0.3) is 5.91 Å². The lowest BCUT2D eigenvalue weighted by atomic mass is 10.0. The van der Waals surface area contributed by atoms with E-state index in [4.69, 9.17) is 4.74 Å². The van der Waals surface area contributed by atoms with Crippen LogP contribution in [0.2, 0.25) is 0 Å². The van der Waals surface area contributed by atoms with E-state index in [1.54, 1.807) is 21.0 Å². The first-order chi connectivity index (χ1) is 11.7. The van der Waals surface area contributed by atoms with Crippen LogP contribution in [0.15, 0.2) is 18.2 Å². The van der Waals surface area contributed by atoms with Crippen LogP contribution < -0.4 is 15.4 Å². The van der Waals surface area contributed by atoms with Gasteiger partial charge in [0.05, 0.1) is 13.2 Å².